The van der Waals surface area contributed by atoms with Crippen molar-refractivity contribution in [3.63, 3.8) is 0 Å². The third kappa shape index (κ3) is 3.93. The van der Waals surface area contributed by atoms with Crippen LogP contribution >= 0.6 is 11.6 Å². The number of anilines is 1. The predicted octanol–water partition coefficient (Wildman–Crippen LogP) is 2.74. The van der Waals surface area contributed by atoms with Crippen LogP contribution in [0.4, 0.5) is 10.5 Å². The first kappa shape index (κ1) is 15.6. The summed E-state index contributed by atoms with van der Waals surface area (Å²) in [6.45, 7) is 3.11. The van der Waals surface area contributed by atoms with Crippen molar-refractivity contribution in [2.75, 3.05) is 25.0 Å². The van der Waals surface area contributed by atoms with E-state index in [1.54, 1.807) is 29.2 Å². The monoisotopic (exact) mass is 323 g/mol. The van der Waals surface area contributed by atoms with Crippen molar-refractivity contribution >= 4 is 23.4 Å². The smallest absolute Gasteiger partial charge is 0.411 e. The molecule has 3 rings (SSSR count). The molecule has 2 N–H and O–H groups in total. The molecule has 22 heavy (non-hydrogen) atoms. The first-order valence-electron chi connectivity index (χ1n) is 8.26. The van der Waals surface area contributed by atoms with E-state index in [0.29, 0.717) is 29.3 Å². The SMILES string of the molecule is O=C(Nc1ccc(Cl)cc1)OC[C@H]1CCC[NH+]2CCCC[C@@H]12. The fourth-order valence-electron chi connectivity index (χ4n) is 3.85. The van der Waals surface area contributed by atoms with E-state index in [9.17, 15) is 4.79 Å². The number of ether oxygens (including phenoxy) is 1. The number of rotatable bonds is 3. The molecule has 0 radical (unpaired) electrons. The summed E-state index contributed by atoms with van der Waals surface area (Å²) < 4.78 is 5.47. The molecule has 1 aromatic carbocycles. The van der Waals surface area contributed by atoms with Gasteiger partial charge in [0.1, 0.15) is 6.61 Å². The normalized spacial score (nSPS) is 27.8. The molecule has 2 heterocycles. The zero-order valence-electron chi connectivity index (χ0n) is 12.8. The van der Waals surface area contributed by atoms with Crippen LogP contribution in [0.5, 0.6) is 0 Å². The van der Waals surface area contributed by atoms with E-state index in [2.05, 4.69) is 5.32 Å². The van der Waals surface area contributed by atoms with Gasteiger partial charge in [0, 0.05) is 16.6 Å². The van der Waals surface area contributed by atoms with Gasteiger partial charge in [-0.1, -0.05) is 11.6 Å². The average molecular weight is 324 g/mol. The van der Waals surface area contributed by atoms with Gasteiger partial charge in [-0.2, -0.15) is 0 Å². The van der Waals surface area contributed by atoms with Gasteiger partial charge in [-0.15, -0.1) is 0 Å². The highest BCUT2D eigenvalue weighted by molar-refractivity contribution is 6.30. The van der Waals surface area contributed by atoms with E-state index < -0.39 is 0 Å². The van der Waals surface area contributed by atoms with Crippen LogP contribution in [-0.4, -0.2) is 31.8 Å². The molecule has 120 valence electrons. The predicted molar refractivity (Wildman–Crippen MR) is 87.5 cm³/mol. The first-order valence-corrected chi connectivity index (χ1v) is 8.64. The van der Waals surface area contributed by atoms with Crippen LogP contribution in [0.15, 0.2) is 24.3 Å². The maximum absolute atomic E-state index is 11.9. The summed E-state index contributed by atoms with van der Waals surface area (Å²) in [4.78, 5) is 13.7. The zero-order valence-corrected chi connectivity index (χ0v) is 13.6. The Bertz CT molecular complexity index is 504. The first-order chi connectivity index (χ1) is 10.7. The highest BCUT2D eigenvalue weighted by Gasteiger charge is 2.37. The van der Waals surface area contributed by atoms with Crippen LogP contribution in [0.2, 0.25) is 5.02 Å². The van der Waals surface area contributed by atoms with Gasteiger partial charge in [0.05, 0.1) is 19.1 Å². The molecule has 0 aliphatic carbocycles. The lowest BCUT2D eigenvalue weighted by Gasteiger charge is -2.40. The molecule has 1 unspecified atom stereocenters. The summed E-state index contributed by atoms with van der Waals surface area (Å²) in [5, 5.41) is 3.41. The van der Waals surface area contributed by atoms with E-state index in [0.717, 1.165) is 0 Å². The highest BCUT2D eigenvalue weighted by atomic mass is 35.5. The number of fused-ring (bicyclic) bond motifs is 1. The number of hydrogen-bond donors (Lipinski definition) is 2. The van der Waals surface area contributed by atoms with Crippen LogP contribution in [0.3, 0.4) is 0 Å². The number of halogens is 1. The summed E-state index contributed by atoms with van der Waals surface area (Å²) in [5.74, 6) is 0.514. The number of piperidine rings is 2. The quantitative estimate of drug-likeness (QED) is 0.898. The number of amides is 1. The Labute approximate surface area is 136 Å². The molecule has 0 aromatic heterocycles. The van der Waals surface area contributed by atoms with Crippen molar-refractivity contribution in [2.45, 2.75) is 38.1 Å². The van der Waals surface area contributed by atoms with Gasteiger partial charge in [-0.3, -0.25) is 5.32 Å². The van der Waals surface area contributed by atoms with Crippen molar-refractivity contribution in [1.29, 1.82) is 0 Å². The van der Waals surface area contributed by atoms with Gasteiger partial charge in [0.15, 0.2) is 0 Å². The number of carbonyl (C=O) groups is 1. The minimum absolute atomic E-state index is 0.370. The van der Waals surface area contributed by atoms with Crippen LogP contribution < -0.4 is 10.2 Å². The molecule has 1 amide bonds. The maximum Gasteiger partial charge on any atom is 0.411 e. The van der Waals surface area contributed by atoms with Gasteiger partial charge < -0.3 is 9.64 Å². The summed E-state index contributed by atoms with van der Waals surface area (Å²) >= 11 is 5.83. The molecule has 2 saturated heterocycles. The van der Waals surface area contributed by atoms with Gasteiger partial charge in [-0.05, 0) is 56.4 Å². The van der Waals surface area contributed by atoms with E-state index in [-0.39, 0.29) is 6.09 Å². The van der Waals surface area contributed by atoms with E-state index in [1.165, 1.54) is 45.2 Å². The molecule has 2 aliphatic heterocycles. The summed E-state index contributed by atoms with van der Waals surface area (Å²) in [5.41, 5.74) is 0.711. The molecule has 0 bridgehead atoms. The second-order valence-electron chi connectivity index (χ2n) is 6.39. The van der Waals surface area contributed by atoms with E-state index in [4.69, 9.17) is 16.3 Å². The van der Waals surface area contributed by atoms with Gasteiger partial charge in [0.2, 0.25) is 0 Å². The molecule has 2 aliphatic rings. The fraction of sp³-hybridized carbons (Fsp3) is 0.588. The van der Waals surface area contributed by atoms with Crippen molar-refractivity contribution in [3.8, 4) is 0 Å². The third-order valence-corrected chi connectivity index (χ3v) is 5.20. The van der Waals surface area contributed by atoms with Crippen molar-refractivity contribution in [1.82, 2.24) is 0 Å². The Kier molecular flexibility index (Phi) is 5.21. The summed E-state index contributed by atoms with van der Waals surface area (Å²) in [6.07, 6.45) is 6.01. The van der Waals surface area contributed by atoms with Gasteiger partial charge >= 0.3 is 6.09 Å². The second-order valence-corrected chi connectivity index (χ2v) is 6.83. The molecule has 3 atom stereocenters. The number of quaternary nitrogens is 1. The lowest BCUT2D eigenvalue weighted by Crippen LogP contribution is -3.18. The largest absolute Gasteiger partial charge is 0.449 e. The van der Waals surface area contributed by atoms with Crippen LogP contribution in [0.25, 0.3) is 0 Å². The number of hydrogen-bond acceptors (Lipinski definition) is 2. The fourth-order valence-corrected chi connectivity index (χ4v) is 3.97. The molecule has 1 aromatic rings. The Morgan fingerprint density at radius 3 is 2.77 bits per heavy atom. The second kappa shape index (κ2) is 7.34. The lowest BCUT2D eigenvalue weighted by atomic mass is 9.84. The average Bonchev–Trinajstić information content (AvgIpc) is 2.55. The van der Waals surface area contributed by atoms with E-state index >= 15 is 0 Å². The van der Waals surface area contributed by atoms with Crippen LogP contribution in [0, 0.1) is 5.92 Å². The Hall–Kier alpha value is -1.26. The lowest BCUT2D eigenvalue weighted by molar-refractivity contribution is -0.940. The molecule has 4 nitrogen and oxygen atoms in total. The van der Waals surface area contributed by atoms with Crippen LogP contribution in [0.1, 0.15) is 32.1 Å². The minimum Gasteiger partial charge on any atom is -0.449 e. The van der Waals surface area contributed by atoms with Gasteiger partial charge in [-0.25, -0.2) is 4.79 Å². The minimum atomic E-state index is -0.370. The Morgan fingerprint density at radius 2 is 1.95 bits per heavy atom. The highest BCUT2D eigenvalue weighted by Crippen LogP contribution is 2.21. The topological polar surface area (TPSA) is 42.8 Å². The zero-order chi connectivity index (χ0) is 15.4. The van der Waals surface area contributed by atoms with E-state index in [1.807, 2.05) is 0 Å². The molecule has 2 fully saturated rings. The standard InChI is InChI=1S/C17H23ClN2O2/c18-14-6-8-15(9-7-14)19-17(21)22-12-13-4-3-11-20-10-2-1-5-16(13)20/h6-9,13,16H,1-5,10-12H2,(H,19,21)/p+1/t13-,16+/m1/s1. The summed E-state index contributed by atoms with van der Waals surface area (Å²) in [6, 6.07) is 7.74. The van der Waals surface area contributed by atoms with Crippen LogP contribution in [-0.2, 0) is 4.74 Å². The maximum atomic E-state index is 11.9. The van der Waals surface area contributed by atoms with Crippen molar-refractivity contribution < 1.29 is 14.4 Å². The molecule has 5 heteroatoms. The van der Waals surface area contributed by atoms with Crippen molar-refractivity contribution in [2.24, 2.45) is 5.92 Å². The number of carbonyl (C=O) groups excluding carboxylic acids is 1. The molecule has 0 saturated carbocycles. The molecule has 0 spiro atoms. The number of nitrogens with one attached hydrogen (secondary N) is 2. The Balaban J connectivity index is 1.48. The summed E-state index contributed by atoms with van der Waals surface area (Å²) in [7, 11) is 0. The third-order valence-electron chi connectivity index (χ3n) is 4.95. The molecular weight excluding hydrogens is 300 g/mol. The Morgan fingerprint density at radius 1 is 1.18 bits per heavy atom. The van der Waals surface area contributed by atoms with Gasteiger partial charge in [0.25, 0.3) is 0 Å². The molecular formula is C17H24ClN2O2+. The van der Waals surface area contributed by atoms with Crippen molar-refractivity contribution in [3.05, 3.63) is 29.3 Å². The number of benzene rings is 1.